The Bertz CT molecular complexity index is 459. The third kappa shape index (κ3) is 2.57. The molecule has 0 bridgehead atoms. The minimum absolute atomic E-state index is 0.207. The van der Waals surface area contributed by atoms with Gasteiger partial charge in [0.05, 0.1) is 11.3 Å². The average Bonchev–Trinajstić information content (AvgIpc) is 2.37. The highest BCUT2D eigenvalue weighted by Crippen LogP contribution is 2.37. The summed E-state index contributed by atoms with van der Waals surface area (Å²) in [5.74, 6) is 0.127. The van der Waals surface area contributed by atoms with Crippen LogP contribution in [0.25, 0.3) is 0 Å². The van der Waals surface area contributed by atoms with Crippen LogP contribution in [0.15, 0.2) is 23.1 Å². The molecular weight excluding hydrogens is 251 g/mol. The lowest BCUT2D eigenvalue weighted by Gasteiger charge is -2.11. The molecule has 0 aliphatic carbocycles. The van der Waals surface area contributed by atoms with E-state index < -0.39 is 11.7 Å². The Balaban J connectivity index is 2.39. The predicted octanol–water partition coefficient (Wildman–Crippen LogP) is 3.39. The second-order valence-corrected chi connectivity index (χ2v) is 4.97. The third-order valence-corrected chi connectivity index (χ3v) is 3.83. The Morgan fingerprint density at radius 3 is 2.76 bits per heavy atom. The Hall–Kier alpha value is -1.17. The van der Waals surface area contributed by atoms with Crippen LogP contribution in [-0.2, 0) is 11.0 Å². The molecule has 17 heavy (non-hydrogen) atoms. The second-order valence-electron chi connectivity index (χ2n) is 3.91. The summed E-state index contributed by atoms with van der Waals surface area (Å²) in [6.07, 6.45) is -4.39. The van der Waals surface area contributed by atoms with Crippen LogP contribution in [0, 0.1) is 5.92 Å². The fourth-order valence-corrected chi connectivity index (χ4v) is 2.49. The van der Waals surface area contributed by atoms with Crippen molar-refractivity contribution >= 4 is 23.4 Å². The molecule has 1 aromatic carbocycles. The van der Waals surface area contributed by atoms with E-state index in [0.29, 0.717) is 10.6 Å². The number of carbonyl (C=O) groups is 1. The molecule has 1 aromatic rings. The lowest BCUT2D eigenvalue weighted by Crippen LogP contribution is -2.20. The topological polar surface area (TPSA) is 29.1 Å². The molecule has 1 atom stereocenters. The highest BCUT2D eigenvalue weighted by atomic mass is 32.2. The average molecular weight is 261 g/mol. The predicted molar refractivity (Wildman–Crippen MR) is 60.0 cm³/mol. The fourth-order valence-electron chi connectivity index (χ4n) is 1.48. The van der Waals surface area contributed by atoms with Gasteiger partial charge in [-0.25, -0.2) is 0 Å². The van der Waals surface area contributed by atoms with Crippen molar-refractivity contribution in [2.24, 2.45) is 5.92 Å². The number of thioether (sulfide) groups is 1. The number of amides is 1. The van der Waals surface area contributed by atoms with Crippen molar-refractivity contribution in [1.29, 1.82) is 0 Å². The van der Waals surface area contributed by atoms with Crippen LogP contribution in [0.2, 0.25) is 0 Å². The number of nitrogens with one attached hydrogen (secondary N) is 1. The largest absolute Gasteiger partial charge is 0.416 e. The van der Waals surface area contributed by atoms with Crippen LogP contribution in [-0.4, -0.2) is 11.7 Å². The summed E-state index contributed by atoms with van der Waals surface area (Å²) in [4.78, 5) is 12.2. The summed E-state index contributed by atoms with van der Waals surface area (Å²) in [6, 6.07) is 3.42. The normalized spacial score (nSPS) is 20.5. The van der Waals surface area contributed by atoms with Crippen LogP contribution in [0.3, 0.4) is 0 Å². The number of halogens is 3. The SMILES string of the molecule is CC1CSc2ccc(C(F)(F)F)cc2NC1=O. The maximum absolute atomic E-state index is 12.5. The zero-order chi connectivity index (χ0) is 12.6. The van der Waals surface area contributed by atoms with Gasteiger partial charge in [-0.1, -0.05) is 6.92 Å². The molecule has 2 rings (SSSR count). The van der Waals surface area contributed by atoms with Gasteiger partial charge < -0.3 is 5.32 Å². The molecule has 0 radical (unpaired) electrons. The van der Waals surface area contributed by atoms with Gasteiger partial charge in [-0.2, -0.15) is 13.2 Å². The maximum Gasteiger partial charge on any atom is 0.416 e. The number of carbonyl (C=O) groups excluding carboxylic acids is 1. The lowest BCUT2D eigenvalue weighted by atomic mass is 10.1. The highest BCUT2D eigenvalue weighted by molar-refractivity contribution is 7.99. The third-order valence-electron chi connectivity index (χ3n) is 2.50. The van der Waals surface area contributed by atoms with E-state index >= 15 is 0 Å². The quantitative estimate of drug-likeness (QED) is 0.775. The molecule has 0 fully saturated rings. The second kappa shape index (κ2) is 4.25. The van der Waals surface area contributed by atoms with E-state index in [1.807, 2.05) is 0 Å². The minimum Gasteiger partial charge on any atom is -0.325 e. The van der Waals surface area contributed by atoms with E-state index in [0.717, 1.165) is 12.1 Å². The van der Waals surface area contributed by atoms with E-state index in [1.54, 1.807) is 6.92 Å². The standard InChI is InChI=1S/C11H10F3NOS/c1-6-5-17-9-3-2-7(11(12,13)14)4-8(9)15-10(6)16/h2-4,6H,5H2,1H3,(H,15,16). The Kier molecular flexibility index (Phi) is 3.07. The van der Waals surface area contributed by atoms with Gasteiger partial charge >= 0.3 is 6.18 Å². The van der Waals surface area contributed by atoms with E-state index in [2.05, 4.69) is 5.32 Å². The molecule has 1 N–H and O–H groups in total. The van der Waals surface area contributed by atoms with Gasteiger partial charge in [0.25, 0.3) is 0 Å². The zero-order valence-electron chi connectivity index (χ0n) is 8.97. The van der Waals surface area contributed by atoms with Gasteiger partial charge in [-0.15, -0.1) is 11.8 Å². The first-order valence-corrected chi connectivity index (χ1v) is 6.01. The molecular formula is C11H10F3NOS. The van der Waals surface area contributed by atoms with Crippen LogP contribution in [0.1, 0.15) is 12.5 Å². The number of hydrogen-bond acceptors (Lipinski definition) is 2. The first-order chi connectivity index (χ1) is 7.88. The van der Waals surface area contributed by atoms with Crippen molar-refractivity contribution in [3.05, 3.63) is 23.8 Å². The van der Waals surface area contributed by atoms with Gasteiger partial charge in [-0.05, 0) is 18.2 Å². The Morgan fingerprint density at radius 2 is 2.12 bits per heavy atom. The molecule has 1 amide bonds. The van der Waals surface area contributed by atoms with E-state index in [-0.39, 0.29) is 17.5 Å². The van der Waals surface area contributed by atoms with Gasteiger partial charge in [0.15, 0.2) is 0 Å². The molecule has 92 valence electrons. The number of hydrogen-bond donors (Lipinski definition) is 1. The molecule has 0 spiro atoms. The minimum atomic E-state index is -4.39. The first kappa shape index (κ1) is 12.3. The van der Waals surface area contributed by atoms with Crippen molar-refractivity contribution in [2.75, 3.05) is 11.1 Å². The summed E-state index contributed by atoms with van der Waals surface area (Å²) in [7, 11) is 0. The van der Waals surface area contributed by atoms with Crippen LogP contribution in [0.4, 0.5) is 18.9 Å². The van der Waals surface area contributed by atoms with Crippen molar-refractivity contribution in [2.45, 2.75) is 18.0 Å². The van der Waals surface area contributed by atoms with E-state index in [1.165, 1.54) is 17.8 Å². The summed E-state index contributed by atoms with van der Waals surface area (Å²) >= 11 is 1.39. The summed E-state index contributed by atoms with van der Waals surface area (Å²) in [5.41, 5.74) is -0.495. The Labute approximate surface area is 101 Å². The monoisotopic (exact) mass is 261 g/mol. The van der Waals surface area contributed by atoms with Crippen LogP contribution >= 0.6 is 11.8 Å². The first-order valence-electron chi connectivity index (χ1n) is 5.03. The molecule has 1 unspecified atom stereocenters. The molecule has 0 aromatic heterocycles. The van der Waals surface area contributed by atoms with Crippen molar-refractivity contribution in [3.63, 3.8) is 0 Å². The molecule has 2 nitrogen and oxygen atoms in total. The Morgan fingerprint density at radius 1 is 1.41 bits per heavy atom. The molecule has 1 aliphatic rings. The van der Waals surface area contributed by atoms with Crippen LogP contribution in [0.5, 0.6) is 0 Å². The summed E-state index contributed by atoms with van der Waals surface area (Å²) < 4.78 is 37.5. The van der Waals surface area contributed by atoms with Gasteiger partial charge in [0.1, 0.15) is 0 Å². The summed E-state index contributed by atoms with van der Waals surface area (Å²) in [5, 5.41) is 2.52. The maximum atomic E-state index is 12.5. The number of anilines is 1. The number of alkyl halides is 3. The fraction of sp³-hybridized carbons (Fsp3) is 0.364. The molecule has 0 saturated heterocycles. The van der Waals surface area contributed by atoms with Crippen molar-refractivity contribution < 1.29 is 18.0 Å². The van der Waals surface area contributed by atoms with Gasteiger partial charge in [-0.3, -0.25) is 4.79 Å². The van der Waals surface area contributed by atoms with Crippen molar-refractivity contribution in [3.8, 4) is 0 Å². The number of benzene rings is 1. The molecule has 6 heteroatoms. The lowest BCUT2D eigenvalue weighted by molar-refractivity contribution is -0.137. The van der Waals surface area contributed by atoms with Crippen LogP contribution < -0.4 is 5.32 Å². The highest BCUT2D eigenvalue weighted by Gasteiger charge is 2.32. The molecule has 0 saturated carbocycles. The van der Waals surface area contributed by atoms with E-state index in [9.17, 15) is 18.0 Å². The smallest absolute Gasteiger partial charge is 0.325 e. The van der Waals surface area contributed by atoms with Gasteiger partial charge in [0, 0.05) is 16.6 Å². The van der Waals surface area contributed by atoms with Gasteiger partial charge in [0.2, 0.25) is 5.91 Å². The zero-order valence-corrected chi connectivity index (χ0v) is 9.78. The summed E-state index contributed by atoms with van der Waals surface area (Å²) in [6.45, 7) is 1.75. The van der Waals surface area contributed by atoms with E-state index in [4.69, 9.17) is 0 Å². The molecule has 1 heterocycles. The van der Waals surface area contributed by atoms with Crippen molar-refractivity contribution in [1.82, 2.24) is 0 Å². The number of fused-ring (bicyclic) bond motifs is 1. The molecule has 1 aliphatic heterocycles. The number of rotatable bonds is 0.